The molecule has 0 unspecified atom stereocenters. The van der Waals surface area contributed by atoms with Crippen molar-refractivity contribution in [2.24, 2.45) is 10.1 Å². The zero-order valence-electron chi connectivity index (χ0n) is 15.7. The summed E-state index contributed by atoms with van der Waals surface area (Å²) in [6.07, 6.45) is 1.94. The van der Waals surface area contributed by atoms with Gasteiger partial charge in [0.05, 0.1) is 11.9 Å². The van der Waals surface area contributed by atoms with Gasteiger partial charge in [0.15, 0.2) is 0 Å². The Morgan fingerprint density at radius 3 is 2.56 bits per heavy atom. The van der Waals surface area contributed by atoms with Gasteiger partial charge >= 0.3 is 0 Å². The lowest BCUT2D eigenvalue weighted by atomic mass is 10.1. The number of fused-ring (bicyclic) bond motifs is 1. The van der Waals surface area contributed by atoms with Gasteiger partial charge in [-0.2, -0.15) is 5.10 Å². The van der Waals surface area contributed by atoms with Gasteiger partial charge in [-0.3, -0.25) is 4.99 Å². The summed E-state index contributed by atoms with van der Waals surface area (Å²) in [5.74, 6) is 0. The average molecular weight is 375 g/mol. The summed E-state index contributed by atoms with van der Waals surface area (Å²) in [6.45, 7) is 6.25. The molecule has 4 nitrogen and oxygen atoms in total. The lowest BCUT2D eigenvalue weighted by molar-refractivity contribution is 0.754. The Hall–Kier alpha value is -2.92. The fraction of sp³-hybridized carbons (Fsp3) is 0.182. The fourth-order valence-electron chi connectivity index (χ4n) is 3.11. The predicted molar refractivity (Wildman–Crippen MR) is 114 cm³/mol. The van der Waals surface area contributed by atoms with Crippen LogP contribution in [0.3, 0.4) is 0 Å². The van der Waals surface area contributed by atoms with E-state index < -0.39 is 0 Å². The monoisotopic (exact) mass is 374 g/mol. The molecule has 136 valence electrons. The van der Waals surface area contributed by atoms with Gasteiger partial charge in [0, 0.05) is 39.1 Å². The van der Waals surface area contributed by atoms with Crippen LogP contribution in [0.1, 0.15) is 25.1 Å². The number of nitrogens with zero attached hydrogens (tertiary/aromatic N) is 3. The molecule has 2 aromatic carbocycles. The van der Waals surface area contributed by atoms with Crippen molar-refractivity contribution < 1.29 is 0 Å². The molecule has 4 rings (SSSR count). The number of hydrogen-bond donors (Lipinski definition) is 1. The summed E-state index contributed by atoms with van der Waals surface area (Å²) in [4.78, 5) is 9.08. The van der Waals surface area contributed by atoms with E-state index in [1.165, 1.54) is 5.39 Å². The molecule has 0 radical (unpaired) electrons. The Labute approximate surface area is 162 Å². The minimum atomic E-state index is 0.212. The second kappa shape index (κ2) is 7.37. The molecule has 0 aliphatic rings. The van der Waals surface area contributed by atoms with Crippen molar-refractivity contribution >= 4 is 28.5 Å². The van der Waals surface area contributed by atoms with Gasteiger partial charge < -0.3 is 4.98 Å². The van der Waals surface area contributed by atoms with Gasteiger partial charge in [-0.05, 0) is 26.8 Å². The van der Waals surface area contributed by atoms with Crippen LogP contribution in [0, 0.1) is 6.92 Å². The lowest BCUT2D eigenvalue weighted by Gasteiger charge is -2.04. The summed E-state index contributed by atoms with van der Waals surface area (Å²) < 4.78 is 1.95. The molecule has 0 spiro atoms. The highest BCUT2D eigenvalue weighted by Gasteiger charge is 2.09. The van der Waals surface area contributed by atoms with Gasteiger partial charge in [-0.25, -0.2) is 4.68 Å². The maximum absolute atomic E-state index is 4.84. The maximum atomic E-state index is 4.84. The van der Waals surface area contributed by atoms with Crippen LogP contribution in [-0.4, -0.2) is 21.9 Å². The number of benzene rings is 2. The predicted octanol–water partition coefficient (Wildman–Crippen LogP) is 5.20. The Morgan fingerprint density at radius 2 is 1.78 bits per heavy atom. The Balaban J connectivity index is 1.86. The molecule has 0 amide bonds. The molecule has 0 saturated heterocycles. The Kier molecular flexibility index (Phi) is 4.77. The second-order valence-electron chi connectivity index (χ2n) is 6.76. The van der Waals surface area contributed by atoms with E-state index in [1.807, 2.05) is 35.2 Å². The number of H-pyrrole nitrogens is 1. The number of thiazole rings is 1. The number of hydrogen-bond acceptors (Lipinski definition) is 3. The first-order chi connectivity index (χ1) is 13.1. The number of aromatic nitrogens is 2. The van der Waals surface area contributed by atoms with E-state index in [0.29, 0.717) is 0 Å². The highest BCUT2D eigenvalue weighted by atomic mass is 32.1. The Morgan fingerprint density at radius 1 is 1.04 bits per heavy atom. The van der Waals surface area contributed by atoms with Gasteiger partial charge in [-0.1, -0.05) is 48.5 Å². The molecule has 27 heavy (non-hydrogen) atoms. The van der Waals surface area contributed by atoms with Crippen molar-refractivity contribution in [2.75, 3.05) is 0 Å². The summed E-state index contributed by atoms with van der Waals surface area (Å²) in [5, 5.41) is 8.14. The first-order valence-electron chi connectivity index (χ1n) is 9.05. The first kappa shape index (κ1) is 17.5. The van der Waals surface area contributed by atoms with Crippen LogP contribution >= 0.6 is 11.3 Å². The number of aromatic amines is 1. The highest BCUT2D eigenvalue weighted by molar-refractivity contribution is 7.07. The van der Waals surface area contributed by atoms with E-state index in [2.05, 4.69) is 61.5 Å². The normalized spacial score (nSPS) is 12.7. The van der Waals surface area contributed by atoms with Crippen LogP contribution in [0.25, 0.3) is 22.2 Å². The van der Waals surface area contributed by atoms with E-state index in [1.54, 1.807) is 11.3 Å². The Bertz CT molecular complexity index is 1160. The smallest absolute Gasteiger partial charge is 0.206 e. The zero-order valence-corrected chi connectivity index (χ0v) is 16.5. The number of rotatable bonds is 4. The summed E-state index contributed by atoms with van der Waals surface area (Å²) in [6, 6.07) is 18.8. The molecule has 0 aliphatic heterocycles. The molecular formula is C22H22N4S. The van der Waals surface area contributed by atoms with E-state index in [0.717, 1.165) is 32.8 Å². The van der Waals surface area contributed by atoms with Crippen LogP contribution in [0.4, 0.5) is 0 Å². The number of para-hydroxylation sites is 1. The van der Waals surface area contributed by atoms with Gasteiger partial charge in [0.25, 0.3) is 0 Å². The van der Waals surface area contributed by atoms with Crippen molar-refractivity contribution in [1.82, 2.24) is 9.66 Å². The van der Waals surface area contributed by atoms with Crippen molar-refractivity contribution in [2.45, 2.75) is 26.8 Å². The first-order valence-corrected chi connectivity index (χ1v) is 9.93. The molecule has 0 atom stereocenters. The van der Waals surface area contributed by atoms with Crippen LogP contribution in [0.5, 0.6) is 0 Å². The lowest BCUT2D eigenvalue weighted by Crippen LogP contribution is -2.14. The van der Waals surface area contributed by atoms with Gasteiger partial charge in [-0.15, -0.1) is 11.3 Å². The van der Waals surface area contributed by atoms with Gasteiger partial charge in [0.2, 0.25) is 4.80 Å². The molecule has 5 heteroatoms. The zero-order chi connectivity index (χ0) is 18.8. The molecule has 0 fully saturated rings. The van der Waals surface area contributed by atoms with Crippen LogP contribution in [-0.2, 0) is 0 Å². The van der Waals surface area contributed by atoms with Crippen molar-refractivity contribution in [3.8, 4) is 11.3 Å². The summed E-state index contributed by atoms with van der Waals surface area (Å²) >= 11 is 1.62. The van der Waals surface area contributed by atoms with Crippen LogP contribution in [0.2, 0.25) is 0 Å². The van der Waals surface area contributed by atoms with Crippen molar-refractivity contribution in [3.63, 3.8) is 0 Å². The largest absolute Gasteiger partial charge is 0.358 e. The van der Waals surface area contributed by atoms with E-state index in [9.17, 15) is 0 Å². The molecule has 2 heterocycles. The average Bonchev–Trinajstić information content (AvgIpc) is 3.20. The van der Waals surface area contributed by atoms with E-state index in [-0.39, 0.29) is 6.04 Å². The SMILES string of the molecule is Cc1[nH]c2ccccc2c1C=Nn1c(-c2ccccc2)csc1=NC(C)C. The molecular weight excluding hydrogens is 352 g/mol. The van der Waals surface area contributed by atoms with E-state index in [4.69, 9.17) is 10.1 Å². The third kappa shape index (κ3) is 3.51. The third-order valence-corrected chi connectivity index (χ3v) is 5.20. The van der Waals surface area contributed by atoms with Crippen LogP contribution < -0.4 is 4.80 Å². The van der Waals surface area contributed by atoms with E-state index >= 15 is 0 Å². The third-order valence-electron chi connectivity index (χ3n) is 4.37. The molecule has 1 N–H and O–H groups in total. The molecule has 2 aromatic heterocycles. The maximum Gasteiger partial charge on any atom is 0.206 e. The van der Waals surface area contributed by atoms with Crippen molar-refractivity contribution in [3.05, 3.63) is 76.0 Å². The topological polar surface area (TPSA) is 45.4 Å². The fourth-order valence-corrected chi connectivity index (χ4v) is 4.08. The minimum absolute atomic E-state index is 0.212. The van der Waals surface area contributed by atoms with Crippen molar-refractivity contribution in [1.29, 1.82) is 0 Å². The molecule has 4 aromatic rings. The summed E-state index contributed by atoms with van der Waals surface area (Å²) in [7, 11) is 0. The minimum Gasteiger partial charge on any atom is -0.358 e. The quantitative estimate of drug-likeness (QED) is 0.477. The highest BCUT2D eigenvalue weighted by Crippen LogP contribution is 2.22. The number of nitrogens with one attached hydrogen (secondary N) is 1. The standard InChI is InChI=1S/C22H22N4S/c1-15(2)24-22-26(21(14-27-22)17-9-5-4-6-10-17)23-13-19-16(3)25-20-12-8-7-11-18(19)20/h4-15,25H,1-3H3. The molecule has 0 aliphatic carbocycles. The van der Waals surface area contributed by atoms with Crippen LogP contribution in [0.15, 0.2) is 70.1 Å². The summed E-state index contributed by atoms with van der Waals surface area (Å²) in [5.41, 5.74) is 5.53. The van der Waals surface area contributed by atoms with Gasteiger partial charge in [0.1, 0.15) is 0 Å². The second-order valence-corrected chi connectivity index (χ2v) is 7.59. The molecule has 0 bridgehead atoms. The molecule has 0 saturated carbocycles. The number of aryl methyl sites for hydroxylation is 1.